The Morgan fingerprint density at radius 2 is 1.89 bits per heavy atom. The van der Waals surface area contributed by atoms with Crippen LogP contribution in [0.1, 0.15) is 35.7 Å². The molecule has 0 unspecified atom stereocenters. The second-order valence-electron chi connectivity index (χ2n) is 6.99. The van der Waals surface area contributed by atoms with E-state index in [2.05, 4.69) is 12.2 Å². The Bertz CT molecular complexity index is 744. The van der Waals surface area contributed by atoms with Gasteiger partial charge in [0.05, 0.1) is 0 Å². The van der Waals surface area contributed by atoms with Gasteiger partial charge < -0.3 is 15.0 Å². The third kappa shape index (κ3) is 6.40. The van der Waals surface area contributed by atoms with Crippen LogP contribution in [0.3, 0.4) is 0 Å². The average Bonchev–Trinajstić information content (AvgIpc) is 2.72. The van der Waals surface area contributed by atoms with Crippen molar-refractivity contribution in [2.24, 2.45) is 5.92 Å². The molecule has 0 aromatic heterocycles. The molecule has 28 heavy (non-hydrogen) atoms. The van der Waals surface area contributed by atoms with Crippen molar-refractivity contribution in [1.29, 1.82) is 0 Å². The zero-order valence-corrected chi connectivity index (χ0v) is 17.8. The van der Waals surface area contributed by atoms with Crippen LogP contribution < -0.4 is 10.1 Å². The van der Waals surface area contributed by atoms with Gasteiger partial charge in [0.25, 0.3) is 5.91 Å². The molecule has 0 saturated carbocycles. The number of hydrogen-bond acceptors (Lipinski definition) is 3. The van der Waals surface area contributed by atoms with Gasteiger partial charge in [0.1, 0.15) is 12.4 Å². The summed E-state index contributed by atoms with van der Waals surface area (Å²) in [5, 5.41) is 4.11. The first-order valence-electron chi connectivity index (χ1n) is 9.63. The van der Waals surface area contributed by atoms with E-state index in [9.17, 15) is 4.79 Å². The number of carbonyl (C=O) groups excluding carboxylic acids is 1. The van der Waals surface area contributed by atoms with E-state index in [1.54, 1.807) is 0 Å². The van der Waals surface area contributed by atoms with Crippen LogP contribution in [0, 0.1) is 5.92 Å². The van der Waals surface area contributed by atoms with Gasteiger partial charge in [0.15, 0.2) is 0 Å². The van der Waals surface area contributed by atoms with Gasteiger partial charge in [-0.25, -0.2) is 0 Å². The van der Waals surface area contributed by atoms with E-state index < -0.39 is 0 Å². The van der Waals surface area contributed by atoms with Crippen molar-refractivity contribution < 1.29 is 9.53 Å². The predicted octanol–water partition coefficient (Wildman–Crippen LogP) is 4.80. The minimum absolute atomic E-state index is 0. The maximum atomic E-state index is 12.8. The van der Waals surface area contributed by atoms with Crippen molar-refractivity contribution in [3.63, 3.8) is 0 Å². The van der Waals surface area contributed by atoms with Crippen molar-refractivity contribution >= 4 is 29.9 Å². The summed E-state index contributed by atoms with van der Waals surface area (Å²) in [6.45, 7) is 6.27. The van der Waals surface area contributed by atoms with Gasteiger partial charge in [-0.3, -0.25) is 4.79 Å². The second kappa shape index (κ2) is 11.3. The van der Waals surface area contributed by atoms with Crippen molar-refractivity contribution in [1.82, 2.24) is 10.2 Å². The first kappa shape index (κ1) is 22.5. The number of piperidine rings is 1. The summed E-state index contributed by atoms with van der Waals surface area (Å²) in [6, 6.07) is 15.0. The predicted molar refractivity (Wildman–Crippen MR) is 117 cm³/mol. The number of benzene rings is 2. The number of hydrogen-bond donors (Lipinski definition) is 1. The zero-order chi connectivity index (χ0) is 19.1. The smallest absolute Gasteiger partial charge is 0.253 e. The Morgan fingerprint density at radius 1 is 1.18 bits per heavy atom. The third-order valence-corrected chi connectivity index (χ3v) is 5.24. The Balaban J connectivity index is 0.00000280. The number of halogens is 2. The van der Waals surface area contributed by atoms with Crippen LogP contribution in [-0.2, 0) is 6.61 Å². The third-order valence-electron chi connectivity index (χ3n) is 4.98. The van der Waals surface area contributed by atoms with Crippen LogP contribution in [0.5, 0.6) is 5.75 Å². The van der Waals surface area contributed by atoms with Crippen molar-refractivity contribution in [3.8, 4) is 5.75 Å². The molecular weight excluding hydrogens is 395 g/mol. The van der Waals surface area contributed by atoms with Crippen LogP contribution >= 0.6 is 24.0 Å². The fourth-order valence-electron chi connectivity index (χ4n) is 3.34. The van der Waals surface area contributed by atoms with Crippen molar-refractivity contribution in [2.45, 2.75) is 26.4 Å². The van der Waals surface area contributed by atoms with Gasteiger partial charge in [-0.2, -0.15) is 0 Å². The fourth-order valence-corrected chi connectivity index (χ4v) is 3.46. The van der Waals surface area contributed by atoms with Gasteiger partial charge in [-0.1, -0.05) is 36.7 Å². The molecule has 152 valence electrons. The van der Waals surface area contributed by atoms with Gasteiger partial charge >= 0.3 is 0 Å². The molecule has 1 heterocycles. The fraction of sp³-hybridized carbons (Fsp3) is 0.409. The number of carbonyl (C=O) groups is 1. The lowest BCUT2D eigenvalue weighted by molar-refractivity contribution is 0.0690. The normalized spacial score (nSPS) is 14.4. The monoisotopic (exact) mass is 422 g/mol. The van der Waals surface area contributed by atoms with Crippen molar-refractivity contribution in [3.05, 3.63) is 64.7 Å². The second-order valence-corrected chi connectivity index (χ2v) is 7.42. The summed E-state index contributed by atoms with van der Waals surface area (Å²) in [7, 11) is 0. The van der Waals surface area contributed by atoms with Crippen LogP contribution in [0.15, 0.2) is 48.5 Å². The van der Waals surface area contributed by atoms with Gasteiger partial charge in [-0.05, 0) is 67.7 Å². The molecule has 1 aliphatic rings. The summed E-state index contributed by atoms with van der Waals surface area (Å²) in [6.07, 6.45) is 2.12. The average molecular weight is 423 g/mol. The molecule has 1 N–H and O–H groups in total. The van der Waals surface area contributed by atoms with Crippen molar-refractivity contribution in [2.75, 3.05) is 26.2 Å². The quantitative estimate of drug-likeness (QED) is 0.696. The molecule has 0 radical (unpaired) electrons. The molecule has 0 spiro atoms. The summed E-state index contributed by atoms with van der Waals surface area (Å²) >= 11 is 5.91. The summed E-state index contributed by atoms with van der Waals surface area (Å²) in [4.78, 5) is 14.8. The molecule has 4 nitrogen and oxygen atoms in total. The molecule has 0 aliphatic carbocycles. The first-order chi connectivity index (χ1) is 13.2. The topological polar surface area (TPSA) is 41.6 Å². The lowest BCUT2D eigenvalue weighted by atomic mass is 9.96. The molecule has 0 atom stereocenters. The Hall–Kier alpha value is -1.75. The van der Waals surface area contributed by atoms with E-state index in [0.29, 0.717) is 28.9 Å². The van der Waals surface area contributed by atoms with Crippen LogP contribution in [0.2, 0.25) is 5.02 Å². The first-order valence-corrected chi connectivity index (χ1v) is 10.0. The summed E-state index contributed by atoms with van der Waals surface area (Å²) < 4.78 is 5.85. The largest absolute Gasteiger partial charge is 0.489 e. The van der Waals surface area contributed by atoms with E-state index in [4.69, 9.17) is 16.3 Å². The number of ether oxygens (including phenoxy) is 1. The molecule has 6 heteroatoms. The molecule has 2 aromatic carbocycles. The van der Waals surface area contributed by atoms with Crippen LogP contribution in [0.4, 0.5) is 0 Å². The molecule has 1 amide bonds. The van der Waals surface area contributed by atoms with E-state index in [1.165, 1.54) is 0 Å². The number of nitrogens with zero attached hydrogens (tertiary/aromatic N) is 1. The molecule has 1 saturated heterocycles. The van der Waals surface area contributed by atoms with Gasteiger partial charge in [-0.15, -0.1) is 12.4 Å². The molecule has 3 rings (SSSR count). The highest BCUT2D eigenvalue weighted by molar-refractivity contribution is 6.30. The highest BCUT2D eigenvalue weighted by Crippen LogP contribution is 2.21. The Labute approximate surface area is 178 Å². The summed E-state index contributed by atoms with van der Waals surface area (Å²) in [5.41, 5.74) is 1.73. The number of rotatable bonds is 7. The van der Waals surface area contributed by atoms with E-state index in [-0.39, 0.29) is 18.3 Å². The standard InChI is InChI=1S/C22H27ClN2O2.ClH/c1-2-24-15-17-10-12-25(13-11-17)22(26)19-4-3-5-21(14-19)27-16-18-6-8-20(23)9-7-18;/h3-9,14,17,24H,2,10-13,15-16H2,1H3;1H. The number of nitrogens with one attached hydrogen (secondary N) is 1. The lowest BCUT2D eigenvalue weighted by Crippen LogP contribution is -2.40. The highest BCUT2D eigenvalue weighted by atomic mass is 35.5. The molecular formula is C22H28Cl2N2O2. The summed E-state index contributed by atoms with van der Waals surface area (Å²) in [5.74, 6) is 1.47. The van der Waals surface area contributed by atoms with Gasteiger partial charge in [0, 0.05) is 23.7 Å². The Kier molecular flexibility index (Phi) is 9.10. The number of likely N-dealkylation sites (tertiary alicyclic amines) is 1. The van der Waals surface area contributed by atoms with E-state index >= 15 is 0 Å². The van der Waals surface area contributed by atoms with E-state index in [1.807, 2.05) is 53.4 Å². The highest BCUT2D eigenvalue weighted by Gasteiger charge is 2.23. The van der Waals surface area contributed by atoms with Gasteiger partial charge in [0.2, 0.25) is 0 Å². The maximum Gasteiger partial charge on any atom is 0.253 e. The molecule has 1 aliphatic heterocycles. The zero-order valence-electron chi connectivity index (χ0n) is 16.2. The van der Waals surface area contributed by atoms with Crippen LogP contribution in [0.25, 0.3) is 0 Å². The minimum atomic E-state index is 0. The van der Waals surface area contributed by atoms with E-state index in [0.717, 1.165) is 44.6 Å². The van der Waals surface area contributed by atoms with Crippen LogP contribution in [-0.4, -0.2) is 37.0 Å². The Morgan fingerprint density at radius 3 is 2.57 bits per heavy atom. The molecule has 2 aromatic rings. The minimum Gasteiger partial charge on any atom is -0.489 e. The lowest BCUT2D eigenvalue weighted by Gasteiger charge is -2.32. The molecule has 1 fully saturated rings. The SMILES string of the molecule is CCNCC1CCN(C(=O)c2cccc(OCc3ccc(Cl)cc3)c2)CC1.Cl. The molecule has 0 bridgehead atoms. The number of amides is 1. The maximum absolute atomic E-state index is 12.8.